The second-order valence-corrected chi connectivity index (χ2v) is 11.1. The SMILES string of the molecule is CNS(=O)(=O)Nc1cccc(Cc2c(CN3CC(Cl)C3)c3ccc(OC(=O)N(C)C)cc3oc2=O)c1F. The third-order valence-corrected chi connectivity index (χ3v) is 7.22. The van der Waals surface area contributed by atoms with Gasteiger partial charge in [-0.15, -0.1) is 11.6 Å². The molecule has 1 aromatic heterocycles. The predicted molar refractivity (Wildman–Crippen MR) is 138 cm³/mol. The molecule has 0 bridgehead atoms. The van der Waals surface area contributed by atoms with Gasteiger partial charge in [0, 0.05) is 64.2 Å². The number of hydrogen-bond donors (Lipinski definition) is 2. The number of hydrogen-bond acceptors (Lipinski definition) is 7. The number of nitrogens with zero attached hydrogens (tertiary/aromatic N) is 2. The third kappa shape index (κ3) is 6.04. The van der Waals surface area contributed by atoms with Crippen LogP contribution in [0.25, 0.3) is 11.0 Å². The molecule has 0 atom stereocenters. The number of carbonyl (C=O) groups is 1. The van der Waals surface area contributed by atoms with Gasteiger partial charge in [0.15, 0.2) is 5.82 Å². The van der Waals surface area contributed by atoms with E-state index < -0.39 is 27.7 Å². The second-order valence-electron chi connectivity index (χ2n) is 8.82. The molecule has 1 aliphatic heterocycles. The Hall–Kier alpha value is -3.19. The maximum absolute atomic E-state index is 15.3. The molecule has 198 valence electrons. The van der Waals surface area contributed by atoms with E-state index >= 15 is 4.39 Å². The van der Waals surface area contributed by atoms with E-state index in [1.807, 2.05) is 4.90 Å². The molecule has 0 spiro atoms. The van der Waals surface area contributed by atoms with Gasteiger partial charge < -0.3 is 14.1 Å². The molecule has 2 heterocycles. The van der Waals surface area contributed by atoms with Gasteiger partial charge in [0.1, 0.15) is 11.3 Å². The molecule has 1 fully saturated rings. The number of benzene rings is 2. The van der Waals surface area contributed by atoms with Crippen molar-refractivity contribution in [1.82, 2.24) is 14.5 Å². The number of carbonyl (C=O) groups excluding carboxylic acids is 1. The highest BCUT2D eigenvalue weighted by Crippen LogP contribution is 2.30. The van der Waals surface area contributed by atoms with Crippen molar-refractivity contribution < 1.29 is 26.8 Å². The molecule has 13 heteroatoms. The predicted octanol–water partition coefficient (Wildman–Crippen LogP) is 2.88. The van der Waals surface area contributed by atoms with Crippen LogP contribution in [-0.2, 0) is 23.2 Å². The summed E-state index contributed by atoms with van der Waals surface area (Å²) in [6, 6.07) is 8.98. The normalized spacial score (nSPS) is 14.4. The zero-order valence-electron chi connectivity index (χ0n) is 20.4. The molecule has 2 aromatic carbocycles. The molecule has 1 aliphatic rings. The average molecular weight is 553 g/mol. The summed E-state index contributed by atoms with van der Waals surface area (Å²) in [5, 5.41) is 0.603. The number of alkyl halides is 1. The number of likely N-dealkylation sites (tertiary alicyclic amines) is 1. The van der Waals surface area contributed by atoms with Crippen molar-refractivity contribution in [3.63, 3.8) is 0 Å². The van der Waals surface area contributed by atoms with Crippen LogP contribution in [0.2, 0.25) is 0 Å². The Balaban J connectivity index is 1.77. The molecule has 10 nitrogen and oxygen atoms in total. The van der Waals surface area contributed by atoms with Crippen LogP contribution in [0, 0.1) is 5.82 Å². The maximum atomic E-state index is 15.3. The molecule has 3 aromatic rings. The lowest BCUT2D eigenvalue weighted by molar-refractivity contribution is 0.172. The lowest BCUT2D eigenvalue weighted by atomic mass is 9.96. The van der Waals surface area contributed by atoms with Crippen molar-refractivity contribution in [2.45, 2.75) is 18.3 Å². The van der Waals surface area contributed by atoms with Gasteiger partial charge in [-0.25, -0.2) is 18.7 Å². The van der Waals surface area contributed by atoms with Crippen molar-refractivity contribution in [2.75, 3.05) is 39.0 Å². The second kappa shape index (κ2) is 10.7. The monoisotopic (exact) mass is 552 g/mol. The van der Waals surface area contributed by atoms with E-state index in [1.54, 1.807) is 26.2 Å². The first-order chi connectivity index (χ1) is 17.5. The highest BCUT2D eigenvalue weighted by Gasteiger charge is 2.27. The molecule has 0 unspecified atom stereocenters. The fourth-order valence-electron chi connectivity index (χ4n) is 3.94. The summed E-state index contributed by atoms with van der Waals surface area (Å²) in [6.07, 6.45) is -0.721. The van der Waals surface area contributed by atoms with Crippen molar-refractivity contribution in [2.24, 2.45) is 0 Å². The number of fused-ring (bicyclic) bond motifs is 1. The Bertz CT molecular complexity index is 1510. The van der Waals surface area contributed by atoms with Crippen LogP contribution in [0.3, 0.4) is 0 Å². The Labute approximate surface area is 218 Å². The van der Waals surface area contributed by atoms with Crippen LogP contribution in [0.15, 0.2) is 45.6 Å². The highest BCUT2D eigenvalue weighted by atomic mass is 35.5. The van der Waals surface area contributed by atoms with Crippen LogP contribution in [0.1, 0.15) is 16.7 Å². The number of nitrogens with one attached hydrogen (secondary N) is 2. The minimum atomic E-state index is -3.94. The van der Waals surface area contributed by atoms with Gasteiger partial charge in [-0.1, -0.05) is 12.1 Å². The Morgan fingerprint density at radius 3 is 2.62 bits per heavy atom. The number of halogens is 2. The van der Waals surface area contributed by atoms with Gasteiger partial charge in [-0.2, -0.15) is 8.42 Å². The summed E-state index contributed by atoms with van der Waals surface area (Å²) in [4.78, 5) is 28.4. The zero-order chi connectivity index (χ0) is 26.9. The Kier molecular flexibility index (Phi) is 7.74. The van der Waals surface area contributed by atoms with Crippen molar-refractivity contribution in [3.8, 4) is 5.75 Å². The zero-order valence-corrected chi connectivity index (χ0v) is 22.0. The van der Waals surface area contributed by atoms with E-state index in [1.165, 1.54) is 36.2 Å². The molecular formula is C24H26ClFN4O6S. The van der Waals surface area contributed by atoms with Gasteiger partial charge in [0.2, 0.25) is 0 Å². The van der Waals surface area contributed by atoms with Crippen LogP contribution < -0.4 is 19.8 Å². The number of rotatable bonds is 8. The first-order valence-corrected chi connectivity index (χ1v) is 13.2. The van der Waals surface area contributed by atoms with Crippen LogP contribution in [0.5, 0.6) is 5.75 Å². The molecule has 1 amide bonds. The van der Waals surface area contributed by atoms with Crippen LogP contribution in [-0.4, -0.2) is 63.9 Å². The summed E-state index contributed by atoms with van der Waals surface area (Å²) in [6.45, 7) is 1.61. The summed E-state index contributed by atoms with van der Waals surface area (Å²) in [5.74, 6) is -0.601. The quantitative estimate of drug-likeness (QED) is 0.325. The number of amides is 1. The van der Waals surface area contributed by atoms with Crippen molar-refractivity contribution in [3.05, 3.63) is 69.3 Å². The lowest BCUT2D eigenvalue weighted by Gasteiger charge is -2.36. The molecule has 37 heavy (non-hydrogen) atoms. The molecule has 2 N–H and O–H groups in total. The fourth-order valence-corrected chi connectivity index (χ4v) is 4.88. The maximum Gasteiger partial charge on any atom is 0.414 e. The molecule has 0 radical (unpaired) electrons. The summed E-state index contributed by atoms with van der Waals surface area (Å²) in [7, 11) is 0.345. The Morgan fingerprint density at radius 1 is 1.24 bits per heavy atom. The summed E-state index contributed by atoms with van der Waals surface area (Å²) < 4.78 is 54.0. The van der Waals surface area contributed by atoms with Gasteiger partial charge in [0.05, 0.1) is 11.1 Å². The first kappa shape index (κ1) is 26.9. The van der Waals surface area contributed by atoms with Crippen molar-refractivity contribution >= 4 is 44.6 Å². The first-order valence-electron chi connectivity index (χ1n) is 11.3. The van der Waals surface area contributed by atoms with Gasteiger partial charge in [-0.3, -0.25) is 9.62 Å². The molecule has 4 rings (SSSR count). The molecule has 0 saturated carbocycles. The average Bonchev–Trinajstić information content (AvgIpc) is 2.82. The van der Waals surface area contributed by atoms with E-state index in [9.17, 15) is 18.0 Å². The summed E-state index contributed by atoms with van der Waals surface area (Å²) in [5.41, 5.74) is 0.254. The molecule has 0 aliphatic carbocycles. The molecular weight excluding hydrogens is 527 g/mol. The minimum Gasteiger partial charge on any atom is -0.422 e. The standard InChI is InChI=1S/C24H26ClFN4O6S/c1-27-37(33,34)28-20-6-4-5-14(22(20)26)9-18-19(13-30-11-15(25)12-30)17-8-7-16(35-24(32)29(2)3)10-21(17)36-23(18)31/h4-8,10,15,27-28H,9,11-13H2,1-3H3. The fraction of sp³-hybridized carbons (Fsp3) is 0.333. The lowest BCUT2D eigenvalue weighted by Crippen LogP contribution is -2.47. The largest absolute Gasteiger partial charge is 0.422 e. The topological polar surface area (TPSA) is 121 Å². The molecule has 1 saturated heterocycles. The van der Waals surface area contributed by atoms with Crippen LogP contribution in [0.4, 0.5) is 14.9 Å². The minimum absolute atomic E-state index is 0.00112. The van der Waals surface area contributed by atoms with E-state index in [4.69, 9.17) is 20.8 Å². The van der Waals surface area contributed by atoms with Gasteiger partial charge in [-0.05, 0) is 29.3 Å². The summed E-state index contributed by atoms with van der Waals surface area (Å²) >= 11 is 6.14. The smallest absolute Gasteiger partial charge is 0.414 e. The van der Waals surface area contributed by atoms with Gasteiger partial charge >= 0.3 is 11.7 Å². The van der Waals surface area contributed by atoms with Crippen LogP contribution >= 0.6 is 11.6 Å². The van der Waals surface area contributed by atoms with E-state index in [0.717, 1.165) is 0 Å². The van der Waals surface area contributed by atoms with E-state index in [-0.39, 0.29) is 39.9 Å². The Morgan fingerprint density at radius 2 is 1.97 bits per heavy atom. The number of anilines is 1. The highest BCUT2D eigenvalue weighted by molar-refractivity contribution is 7.90. The third-order valence-electron chi connectivity index (χ3n) is 5.92. The van der Waals surface area contributed by atoms with E-state index in [2.05, 4.69) is 9.44 Å². The number of ether oxygens (including phenoxy) is 1. The van der Waals surface area contributed by atoms with Gasteiger partial charge in [0.25, 0.3) is 10.2 Å². The van der Waals surface area contributed by atoms with E-state index in [0.29, 0.717) is 30.6 Å². The van der Waals surface area contributed by atoms with Crippen molar-refractivity contribution in [1.29, 1.82) is 0 Å².